The molecule has 162 valence electrons. The Hall–Kier alpha value is -2.39. The summed E-state index contributed by atoms with van der Waals surface area (Å²) in [6.45, 7) is 6.05. The standard InChI is InChI=1S/C21H27N3O4S2/c1-15-13-16(2)21(17(3)14-15)30(27,28)23-18-8-10-19(11-9-18)29(25,26)24-20-7-5-4-6-12-22-20/h8-11,13-14,23H,4-7,12H2,1-3H3,(H,22,24). The molecule has 0 unspecified atom stereocenters. The lowest BCUT2D eigenvalue weighted by Crippen LogP contribution is -2.30. The molecule has 9 heteroatoms. The quantitative estimate of drug-likeness (QED) is 0.727. The molecule has 0 radical (unpaired) electrons. The van der Waals surface area contributed by atoms with Gasteiger partial charge in [-0.2, -0.15) is 0 Å². The van der Waals surface area contributed by atoms with Crippen LogP contribution in [0.25, 0.3) is 0 Å². The van der Waals surface area contributed by atoms with Crippen molar-refractivity contribution in [2.75, 3.05) is 11.3 Å². The minimum atomic E-state index is -3.80. The van der Waals surface area contributed by atoms with Gasteiger partial charge in [-0.1, -0.05) is 24.1 Å². The van der Waals surface area contributed by atoms with Crippen LogP contribution in [0.1, 0.15) is 42.4 Å². The first-order chi connectivity index (χ1) is 14.1. The Kier molecular flexibility index (Phi) is 6.52. The average molecular weight is 450 g/mol. The SMILES string of the molecule is Cc1cc(C)c(S(=O)(=O)Nc2ccc(S(=O)(=O)NC3=NCCCCC3)cc2)c(C)c1. The van der Waals surface area contributed by atoms with E-state index in [0.717, 1.165) is 24.8 Å². The molecule has 2 aromatic carbocycles. The second kappa shape index (κ2) is 8.77. The third kappa shape index (κ3) is 5.20. The summed E-state index contributed by atoms with van der Waals surface area (Å²) in [5.74, 6) is 0.475. The van der Waals surface area contributed by atoms with Gasteiger partial charge in [-0.3, -0.25) is 14.4 Å². The monoisotopic (exact) mass is 449 g/mol. The number of benzene rings is 2. The molecule has 0 saturated heterocycles. The normalized spacial score (nSPS) is 15.2. The molecule has 0 saturated carbocycles. The van der Waals surface area contributed by atoms with Crippen molar-refractivity contribution in [1.82, 2.24) is 4.72 Å². The zero-order valence-electron chi connectivity index (χ0n) is 17.4. The van der Waals surface area contributed by atoms with Crippen LogP contribution in [-0.2, 0) is 20.0 Å². The summed E-state index contributed by atoms with van der Waals surface area (Å²) in [6, 6.07) is 9.29. The average Bonchev–Trinajstić information content (AvgIpc) is 2.88. The Morgan fingerprint density at radius 2 is 1.43 bits per heavy atom. The van der Waals surface area contributed by atoms with Crippen LogP contribution in [0.15, 0.2) is 51.2 Å². The molecule has 0 amide bonds. The van der Waals surface area contributed by atoms with Crippen molar-refractivity contribution >= 4 is 31.6 Å². The highest BCUT2D eigenvalue weighted by Crippen LogP contribution is 2.25. The molecule has 3 rings (SSSR count). The van der Waals surface area contributed by atoms with Crippen LogP contribution in [0.3, 0.4) is 0 Å². The summed E-state index contributed by atoms with van der Waals surface area (Å²) in [4.78, 5) is 4.58. The fourth-order valence-corrected chi connectivity index (χ4v) is 6.27. The zero-order chi connectivity index (χ0) is 21.9. The molecule has 2 aromatic rings. The predicted octanol–water partition coefficient (Wildman–Crippen LogP) is 3.66. The molecule has 2 N–H and O–H groups in total. The molecule has 0 bridgehead atoms. The van der Waals surface area contributed by atoms with Crippen molar-refractivity contribution in [3.05, 3.63) is 53.1 Å². The highest BCUT2D eigenvalue weighted by molar-refractivity contribution is 7.92. The number of hydrogen-bond donors (Lipinski definition) is 2. The lowest BCUT2D eigenvalue weighted by molar-refractivity contribution is 0.591. The van der Waals surface area contributed by atoms with Crippen LogP contribution >= 0.6 is 0 Å². The number of anilines is 1. The van der Waals surface area contributed by atoms with Gasteiger partial charge in [-0.05, 0) is 69.0 Å². The molecule has 0 aliphatic carbocycles. The van der Waals surface area contributed by atoms with E-state index in [0.29, 0.717) is 35.6 Å². The van der Waals surface area contributed by atoms with Gasteiger partial charge in [-0.15, -0.1) is 0 Å². The summed E-state index contributed by atoms with van der Waals surface area (Å²) in [5.41, 5.74) is 2.60. The molecule has 7 nitrogen and oxygen atoms in total. The molecule has 0 atom stereocenters. The second-order valence-corrected chi connectivity index (χ2v) is 10.9. The lowest BCUT2D eigenvalue weighted by atomic mass is 10.1. The molecule has 0 spiro atoms. The highest BCUT2D eigenvalue weighted by atomic mass is 32.2. The van der Waals surface area contributed by atoms with Crippen LogP contribution in [0, 0.1) is 20.8 Å². The van der Waals surface area contributed by atoms with Gasteiger partial charge >= 0.3 is 0 Å². The first-order valence-corrected chi connectivity index (χ1v) is 12.8. The summed E-state index contributed by atoms with van der Waals surface area (Å²) in [5, 5.41) is 0. The number of nitrogens with one attached hydrogen (secondary N) is 2. The van der Waals surface area contributed by atoms with E-state index in [4.69, 9.17) is 0 Å². The molecule has 1 aliphatic heterocycles. The molecule has 0 aromatic heterocycles. The number of rotatable bonds is 5. The van der Waals surface area contributed by atoms with Crippen molar-refractivity contribution in [2.45, 2.75) is 56.2 Å². The highest BCUT2D eigenvalue weighted by Gasteiger charge is 2.21. The molecular formula is C21H27N3O4S2. The van der Waals surface area contributed by atoms with Crippen molar-refractivity contribution in [3.63, 3.8) is 0 Å². The van der Waals surface area contributed by atoms with Crippen LogP contribution in [0.5, 0.6) is 0 Å². The third-order valence-electron chi connectivity index (χ3n) is 4.92. The van der Waals surface area contributed by atoms with Crippen LogP contribution in [-0.4, -0.2) is 29.2 Å². The largest absolute Gasteiger partial charge is 0.280 e. The smallest absolute Gasteiger partial charge is 0.262 e. The lowest BCUT2D eigenvalue weighted by Gasteiger charge is -2.14. The van der Waals surface area contributed by atoms with E-state index in [1.807, 2.05) is 19.1 Å². The van der Waals surface area contributed by atoms with Crippen molar-refractivity contribution in [1.29, 1.82) is 0 Å². The van der Waals surface area contributed by atoms with Gasteiger partial charge in [0.2, 0.25) is 0 Å². The summed E-state index contributed by atoms with van der Waals surface area (Å²) in [6.07, 6.45) is 3.50. The molecule has 0 fully saturated rings. The number of sulfonamides is 2. The molecule has 1 heterocycles. The Morgan fingerprint density at radius 1 is 0.800 bits per heavy atom. The van der Waals surface area contributed by atoms with Crippen LogP contribution in [0.2, 0.25) is 0 Å². The number of nitrogens with zero attached hydrogens (tertiary/aromatic N) is 1. The maximum atomic E-state index is 12.9. The number of hydrogen-bond acceptors (Lipinski definition) is 5. The van der Waals surface area contributed by atoms with Crippen molar-refractivity contribution in [3.8, 4) is 0 Å². The van der Waals surface area contributed by atoms with Crippen molar-refractivity contribution in [2.24, 2.45) is 4.99 Å². The van der Waals surface area contributed by atoms with Gasteiger partial charge in [-0.25, -0.2) is 16.8 Å². The number of aliphatic imine (C=N–C) groups is 1. The molecular weight excluding hydrogens is 422 g/mol. The van der Waals surface area contributed by atoms with Gasteiger partial charge in [0.25, 0.3) is 20.0 Å². The van der Waals surface area contributed by atoms with E-state index in [2.05, 4.69) is 14.4 Å². The number of aryl methyl sites for hydroxylation is 3. The second-order valence-electron chi connectivity index (χ2n) is 7.60. The minimum Gasteiger partial charge on any atom is -0.280 e. The Labute approximate surface area is 178 Å². The van der Waals surface area contributed by atoms with Gasteiger partial charge in [0.15, 0.2) is 0 Å². The van der Waals surface area contributed by atoms with Crippen LogP contribution in [0.4, 0.5) is 5.69 Å². The van der Waals surface area contributed by atoms with Gasteiger partial charge < -0.3 is 0 Å². The molecule has 30 heavy (non-hydrogen) atoms. The first kappa shape index (κ1) is 22.3. The van der Waals surface area contributed by atoms with E-state index in [9.17, 15) is 16.8 Å². The van der Waals surface area contributed by atoms with Crippen molar-refractivity contribution < 1.29 is 16.8 Å². The van der Waals surface area contributed by atoms with Gasteiger partial charge in [0, 0.05) is 18.7 Å². The number of amidine groups is 1. The van der Waals surface area contributed by atoms with E-state index in [1.54, 1.807) is 13.8 Å². The molecule has 1 aliphatic rings. The third-order valence-corrected chi connectivity index (χ3v) is 8.00. The van der Waals surface area contributed by atoms with E-state index < -0.39 is 20.0 Å². The Morgan fingerprint density at radius 3 is 2.07 bits per heavy atom. The zero-order valence-corrected chi connectivity index (χ0v) is 19.0. The fraction of sp³-hybridized carbons (Fsp3) is 0.381. The fourth-order valence-electron chi connectivity index (χ4n) is 3.67. The first-order valence-electron chi connectivity index (χ1n) is 9.85. The van der Waals surface area contributed by atoms with E-state index in [1.165, 1.54) is 24.3 Å². The maximum absolute atomic E-state index is 12.9. The summed E-state index contributed by atoms with van der Waals surface area (Å²) < 4.78 is 56.1. The maximum Gasteiger partial charge on any atom is 0.262 e. The van der Waals surface area contributed by atoms with Crippen LogP contribution < -0.4 is 9.44 Å². The Bertz CT molecular complexity index is 1150. The van der Waals surface area contributed by atoms with E-state index in [-0.39, 0.29) is 9.79 Å². The van der Waals surface area contributed by atoms with Gasteiger partial charge in [0.1, 0.15) is 5.84 Å². The summed E-state index contributed by atoms with van der Waals surface area (Å²) >= 11 is 0. The predicted molar refractivity (Wildman–Crippen MR) is 119 cm³/mol. The summed E-state index contributed by atoms with van der Waals surface area (Å²) in [7, 11) is -7.57. The van der Waals surface area contributed by atoms with Gasteiger partial charge in [0.05, 0.1) is 9.79 Å². The Balaban J connectivity index is 1.79. The van der Waals surface area contributed by atoms with E-state index >= 15 is 0 Å². The minimum absolute atomic E-state index is 0.0556. The topological polar surface area (TPSA) is 105 Å².